The molecule has 0 amide bonds. The van der Waals surface area contributed by atoms with Gasteiger partial charge in [-0.15, -0.1) is 11.3 Å². The first kappa shape index (κ1) is 17.5. The smallest absolute Gasteiger partial charge is 0.260 e. The lowest BCUT2D eigenvalue weighted by molar-refractivity contribution is -0.255. The van der Waals surface area contributed by atoms with E-state index in [0.717, 1.165) is 16.7 Å². The molecular weight excluding hydrogens is 380 g/mol. The largest absolute Gasteiger partial charge is 0.545 e. The SMILES string of the molecule is O=C([O-])c1cccc(CSc2nc3scc(-c4ccccc4)c3c(=O)[nH]2)c1. The number of carbonyl (C=O) groups excluding carboxylic acids is 1. The van der Waals surface area contributed by atoms with Crippen molar-refractivity contribution in [2.45, 2.75) is 10.9 Å². The standard InChI is InChI=1S/C20H14N2O3S2/c23-17-16-15(13-6-2-1-3-7-13)11-26-18(16)22-20(21-17)27-10-12-5-4-8-14(9-12)19(24)25/h1-9,11H,10H2,(H,24,25)(H,21,22,23)/p-1. The van der Waals surface area contributed by atoms with Crippen molar-refractivity contribution < 1.29 is 9.90 Å². The minimum absolute atomic E-state index is 0.135. The highest BCUT2D eigenvalue weighted by atomic mass is 32.2. The Bertz CT molecular complexity index is 1180. The van der Waals surface area contributed by atoms with E-state index in [2.05, 4.69) is 9.97 Å². The fourth-order valence-electron chi connectivity index (χ4n) is 2.77. The molecule has 7 heteroatoms. The van der Waals surface area contributed by atoms with E-state index >= 15 is 0 Å². The molecule has 2 aromatic heterocycles. The minimum Gasteiger partial charge on any atom is -0.545 e. The maximum absolute atomic E-state index is 12.6. The Morgan fingerprint density at radius 3 is 2.74 bits per heavy atom. The molecule has 4 rings (SSSR count). The zero-order valence-electron chi connectivity index (χ0n) is 14.0. The molecule has 0 saturated heterocycles. The number of hydrogen-bond donors (Lipinski definition) is 1. The third-order valence-electron chi connectivity index (χ3n) is 4.05. The van der Waals surface area contributed by atoms with Gasteiger partial charge in [-0.1, -0.05) is 60.3 Å². The van der Waals surface area contributed by atoms with Crippen LogP contribution in [0.2, 0.25) is 0 Å². The van der Waals surface area contributed by atoms with Crippen molar-refractivity contribution in [3.8, 4) is 11.1 Å². The van der Waals surface area contributed by atoms with Crippen LogP contribution in [0.3, 0.4) is 0 Å². The summed E-state index contributed by atoms with van der Waals surface area (Å²) in [5, 5.41) is 14.0. The number of nitrogens with zero attached hydrogens (tertiary/aromatic N) is 1. The number of aromatic carboxylic acids is 1. The van der Waals surface area contributed by atoms with E-state index in [1.54, 1.807) is 12.1 Å². The van der Waals surface area contributed by atoms with Gasteiger partial charge in [-0.05, 0) is 22.8 Å². The summed E-state index contributed by atoms with van der Waals surface area (Å²) in [4.78, 5) is 31.6. The van der Waals surface area contributed by atoms with Crippen LogP contribution < -0.4 is 10.7 Å². The molecule has 2 heterocycles. The number of thiophene rings is 1. The summed E-state index contributed by atoms with van der Waals surface area (Å²) >= 11 is 2.79. The molecule has 4 aromatic rings. The minimum atomic E-state index is -1.21. The number of nitrogens with one attached hydrogen (secondary N) is 1. The Balaban J connectivity index is 1.62. The van der Waals surface area contributed by atoms with Crippen LogP contribution in [-0.2, 0) is 5.75 Å². The molecule has 0 unspecified atom stereocenters. The summed E-state index contributed by atoms with van der Waals surface area (Å²) in [6.45, 7) is 0. The maximum atomic E-state index is 12.6. The number of carbonyl (C=O) groups is 1. The third kappa shape index (κ3) is 3.65. The third-order valence-corrected chi connectivity index (χ3v) is 5.86. The Hall–Kier alpha value is -2.90. The van der Waals surface area contributed by atoms with E-state index in [0.29, 0.717) is 21.1 Å². The molecule has 1 N–H and O–H groups in total. The molecule has 5 nitrogen and oxygen atoms in total. The van der Waals surface area contributed by atoms with Crippen molar-refractivity contribution in [1.82, 2.24) is 9.97 Å². The van der Waals surface area contributed by atoms with E-state index in [1.807, 2.05) is 41.8 Å². The Kier molecular flexibility index (Phi) is 4.79. The van der Waals surface area contributed by atoms with Crippen LogP contribution in [-0.4, -0.2) is 15.9 Å². The molecule has 0 fully saturated rings. The quantitative estimate of drug-likeness (QED) is 0.415. The molecule has 0 aliphatic carbocycles. The molecule has 0 bridgehead atoms. The lowest BCUT2D eigenvalue weighted by atomic mass is 10.1. The van der Waals surface area contributed by atoms with Gasteiger partial charge >= 0.3 is 0 Å². The lowest BCUT2D eigenvalue weighted by Crippen LogP contribution is -2.22. The number of benzene rings is 2. The number of thioether (sulfide) groups is 1. The fraction of sp³-hybridized carbons (Fsp3) is 0.0500. The van der Waals surface area contributed by atoms with Crippen LogP contribution >= 0.6 is 23.1 Å². The highest BCUT2D eigenvalue weighted by Gasteiger charge is 2.13. The van der Waals surface area contributed by atoms with Crippen molar-refractivity contribution >= 4 is 39.3 Å². The van der Waals surface area contributed by atoms with Crippen molar-refractivity contribution in [3.05, 3.63) is 81.5 Å². The highest BCUT2D eigenvalue weighted by Crippen LogP contribution is 2.31. The molecular formula is C20H13N2O3S2-. The van der Waals surface area contributed by atoms with Crippen LogP contribution in [0.4, 0.5) is 0 Å². The normalized spacial score (nSPS) is 11.0. The maximum Gasteiger partial charge on any atom is 0.260 e. The summed E-state index contributed by atoms with van der Waals surface area (Å²) in [6, 6.07) is 16.3. The first-order valence-electron chi connectivity index (χ1n) is 8.12. The predicted molar refractivity (Wildman–Crippen MR) is 106 cm³/mol. The van der Waals surface area contributed by atoms with Crippen molar-refractivity contribution in [3.63, 3.8) is 0 Å². The Morgan fingerprint density at radius 1 is 1.15 bits per heavy atom. The molecule has 0 aliphatic rings. The zero-order valence-corrected chi connectivity index (χ0v) is 15.6. The van der Waals surface area contributed by atoms with Crippen LogP contribution in [0.5, 0.6) is 0 Å². The summed E-state index contributed by atoms with van der Waals surface area (Å²) in [6.07, 6.45) is 0. The molecule has 0 radical (unpaired) electrons. The van der Waals surface area contributed by atoms with Crippen LogP contribution in [0.1, 0.15) is 15.9 Å². The molecule has 2 aromatic carbocycles. The van der Waals surface area contributed by atoms with Crippen molar-refractivity contribution in [2.75, 3.05) is 0 Å². The number of hydrogen-bond acceptors (Lipinski definition) is 6. The predicted octanol–water partition coefficient (Wildman–Crippen LogP) is 3.31. The van der Waals surface area contributed by atoms with Gasteiger partial charge in [-0.3, -0.25) is 4.79 Å². The number of aromatic nitrogens is 2. The van der Waals surface area contributed by atoms with Crippen molar-refractivity contribution in [2.24, 2.45) is 0 Å². The van der Waals surface area contributed by atoms with Gasteiger partial charge in [0.05, 0.1) is 11.4 Å². The van der Waals surface area contributed by atoms with Gasteiger partial charge in [0.25, 0.3) is 5.56 Å². The number of aromatic amines is 1. The average molecular weight is 393 g/mol. The van der Waals surface area contributed by atoms with Crippen LogP contribution in [0.25, 0.3) is 21.3 Å². The topological polar surface area (TPSA) is 85.9 Å². The lowest BCUT2D eigenvalue weighted by Gasteiger charge is -2.06. The second kappa shape index (κ2) is 7.38. The summed E-state index contributed by atoms with van der Waals surface area (Å²) in [7, 11) is 0. The Labute approximate surface area is 162 Å². The van der Waals surface area contributed by atoms with Crippen LogP contribution in [0.15, 0.2) is 69.9 Å². The van der Waals surface area contributed by atoms with E-state index < -0.39 is 5.97 Å². The Morgan fingerprint density at radius 2 is 1.96 bits per heavy atom. The van der Waals surface area contributed by atoms with E-state index in [-0.39, 0.29) is 11.1 Å². The first-order valence-corrected chi connectivity index (χ1v) is 9.98. The fourth-order valence-corrected chi connectivity index (χ4v) is 4.58. The zero-order chi connectivity index (χ0) is 18.8. The average Bonchev–Trinajstić information content (AvgIpc) is 3.12. The second-order valence-corrected chi connectivity index (χ2v) is 7.67. The highest BCUT2D eigenvalue weighted by molar-refractivity contribution is 7.98. The molecule has 27 heavy (non-hydrogen) atoms. The van der Waals surface area contributed by atoms with E-state index in [1.165, 1.54) is 29.2 Å². The molecule has 0 aliphatic heterocycles. The number of fused-ring (bicyclic) bond motifs is 1. The molecule has 0 saturated carbocycles. The number of carboxylic acids is 1. The van der Waals surface area contributed by atoms with Gasteiger partial charge in [0.1, 0.15) is 4.83 Å². The van der Waals surface area contributed by atoms with Gasteiger partial charge in [-0.2, -0.15) is 0 Å². The van der Waals surface area contributed by atoms with Gasteiger partial charge in [0.2, 0.25) is 0 Å². The van der Waals surface area contributed by atoms with Gasteiger partial charge < -0.3 is 14.9 Å². The number of carboxylic acid groups (broad SMARTS) is 1. The molecule has 134 valence electrons. The van der Waals surface area contributed by atoms with Gasteiger partial charge in [-0.25, -0.2) is 4.98 Å². The molecule has 0 atom stereocenters. The summed E-state index contributed by atoms with van der Waals surface area (Å²) < 4.78 is 0. The first-order chi connectivity index (χ1) is 13.1. The van der Waals surface area contributed by atoms with Crippen LogP contribution in [0, 0.1) is 0 Å². The van der Waals surface area contributed by atoms with Gasteiger partial charge in [0, 0.05) is 16.7 Å². The van der Waals surface area contributed by atoms with E-state index in [4.69, 9.17) is 0 Å². The number of H-pyrrole nitrogens is 1. The van der Waals surface area contributed by atoms with Crippen molar-refractivity contribution in [1.29, 1.82) is 0 Å². The monoisotopic (exact) mass is 393 g/mol. The summed E-state index contributed by atoms with van der Waals surface area (Å²) in [5.41, 5.74) is 2.64. The van der Waals surface area contributed by atoms with E-state index in [9.17, 15) is 14.7 Å². The molecule has 0 spiro atoms. The summed E-state index contributed by atoms with van der Waals surface area (Å²) in [5.74, 6) is -0.714. The second-order valence-electron chi connectivity index (χ2n) is 5.84. The van der Waals surface area contributed by atoms with Gasteiger partial charge in [0.15, 0.2) is 5.16 Å². The number of rotatable bonds is 5.